The van der Waals surface area contributed by atoms with E-state index in [1.54, 1.807) is 13.0 Å². The summed E-state index contributed by atoms with van der Waals surface area (Å²) in [6, 6.07) is 1.36. The Labute approximate surface area is 131 Å². The summed E-state index contributed by atoms with van der Waals surface area (Å²) in [5.74, 6) is 0.304. The zero-order valence-electron chi connectivity index (χ0n) is 13.5. The molecule has 22 heavy (non-hydrogen) atoms. The third kappa shape index (κ3) is 4.68. The van der Waals surface area contributed by atoms with E-state index >= 15 is 0 Å². The molecule has 0 radical (unpaired) electrons. The van der Waals surface area contributed by atoms with Crippen LogP contribution in [0.15, 0.2) is 22.2 Å². The Morgan fingerprint density at radius 1 is 1.59 bits per heavy atom. The molecular formula is C16H25N3O3. The lowest BCUT2D eigenvalue weighted by Crippen LogP contribution is -2.54. The minimum Gasteiger partial charge on any atom is -0.390 e. The molecule has 1 aliphatic heterocycles. The van der Waals surface area contributed by atoms with Gasteiger partial charge in [-0.1, -0.05) is 16.8 Å². The molecule has 0 bridgehead atoms. The fourth-order valence-electron chi connectivity index (χ4n) is 2.62. The van der Waals surface area contributed by atoms with Gasteiger partial charge in [-0.2, -0.15) is 0 Å². The molecule has 1 saturated heterocycles. The Balaban J connectivity index is 1.80. The van der Waals surface area contributed by atoms with Gasteiger partial charge in [-0.25, -0.2) is 0 Å². The lowest BCUT2D eigenvalue weighted by atomic mass is 10.0. The van der Waals surface area contributed by atoms with Gasteiger partial charge in [0, 0.05) is 25.7 Å². The van der Waals surface area contributed by atoms with Crippen molar-refractivity contribution in [2.24, 2.45) is 0 Å². The lowest BCUT2D eigenvalue weighted by molar-refractivity contribution is 0.0383. The highest BCUT2D eigenvalue weighted by Gasteiger charge is 2.29. The highest BCUT2D eigenvalue weighted by Crippen LogP contribution is 2.13. The predicted octanol–water partition coefficient (Wildman–Crippen LogP) is 1.50. The first-order valence-corrected chi connectivity index (χ1v) is 7.73. The van der Waals surface area contributed by atoms with Gasteiger partial charge >= 0.3 is 0 Å². The van der Waals surface area contributed by atoms with Gasteiger partial charge in [0.2, 0.25) is 0 Å². The number of aliphatic hydroxyl groups is 1. The van der Waals surface area contributed by atoms with Crippen LogP contribution in [0.3, 0.4) is 0 Å². The van der Waals surface area contributed by atoms with Crippen LogP contribution in [0.4, 0.5) is 0 Å². The van der Waals surface area contributed by atoms with Crippen LogP contribution in [0.5, 0.6) is 0 Å². The highest BCUT2D eigenvalue weighted by atomic mass is 16.5. The van der Waals surface area contributed by atoms with Crippen molar-refractivity contribution in [2.75, 3.05) is 19.6 Å². The first-order chi connectivity index (χ1) is 10.5. The summed E-state index contributed by atoms with van der Waals surface area (Å²) in [7, 11) is 0. The molecule has 1 fully saturated rings. The monoisotopic (exact) mass is 307 g/mol. The van der Waals surface area contributed by atoms with E-state index in [0.29, 0.717) is 12.3 Å². The Morgan fingerprint density at radius 3 is 2.95 bits per heavy atom. The number of carbonyl (C=O) groups is 1. The number of nitrogens with zero attached hydrogens (tertiary/aromatic N) is 2. The zero-order chi connectivity index (χ0) is 16.1. The first-order valence-electron chi connectivity index (χ1n) is 7.73. The van der Waals surface area contributed by atoms with Gasteiger partial charge in [0.05, 0.1) is 12.1 Å². The quantitative estimate of drug-likeness (QED) is 0.806. The van der Waals surface area contributed by atoms with E-state index < -0.39 is 6.10 Å². The number of likely N-dealkylation sites (tertiary alicyclic amines) is 1. The Bertz CT molecular complexity index is 534. The van der Waals surface area contributed by atoms with Crippen molar-refractivity contribution in [3.05, 3.63) is 29.2 Å². The highest BCUT2D eigenvalue weighted by molar-refractivity contribution is 5.92. The van der Waals surface area contributed by atoms with Crippen molar-refractivity contribution in [3.8, 4) is 0 Å². The van der Waals surface area contributed by atoms with Crippen molar-refractivity contribution in [1.29, 1.82) is 0 Å². The van der Waals surface area contributed by atoms with E-state index in [9.17, 15) is 9.90 Å². The van der Waals surface area contributed by atoms with Crippen LogP contribution in [-0.4, -0.2) is 52.9 Å². The van der Waals surface area contributed by atoms with Crippen LogP contribution in [0, 0.1) is 6.92 Å². The van der Waals surface area contributed by atoms with E-state index in [2.05, 4.69) is 35.3 Å². The number of aromatic nitrogens is 1. The summed E-state index contributed by atoms with van der Waals surface area (Å²) in [6.07, 6.45) is 3.37. The molecule has 122 valence electrons. The molecule has 0 saturated carbocycles. The average Bonchev–Trinajstić information content (AvgIpc) is 2.88. The third-order valence-electron chi connectivity index (χ3n) is 3.84. The maximum absolute atomic E-state index is 12.0. The Morgan fingerprint density at radius 2 is 2.36 bits per heavy atom. The number of nitrogens with one attached hydrogen (secondary N) is 1. The summed E-state index contributed by atoms with van der Waals surface area (Å²) in [6.45, 7) is 8.30. The fourth-order valence-corrected chi connectivity index (χ4v) is 2.62. The Kier molecular flexibility index (Phi) is 5.74. The van der Waals surface area contributed by atoms with Gasteiger partial charge in [-0.05, 0) is 33.6 Å². The number of hydrogen-bond acceptors (Lipinski definition) is 5. The normalized spacial score (nSPS) is 22.4. The van der Waals surface area contributed by atoms with Gasteiger partial charge in [0.1, 0.15) is 5.76 Å². The maximum Gasteiger partial charge on any atom is 0.273 e. The van der Waals surface area contributed by atoms with Crippen LogP contribution >= 0.6 is 0 Å². The summed E-state index contributed by atoms with van der Waals surface area (Å²) in [4.78, 5) is 14.3. The summed E-state index contributed by atoms with van der Waals surface area (Å²) >= 11 is 0. The van der Waals surface area contributed by atoms with Crippen molar-refractivity contribution in [3.63, 3.8) is 0 Å². The second kappa shape index (κ2) is 7.56. The minimum atomic E-state index is -0.558. The van der Waals surface area contributed by atoms with Crippen molar-refractivity contribution in [1.82, 2.24) is 15.4 Å². The number of rotatable bonds is 5. The van der Waals surface area contributed by atoms with Gasteiger partial charge in [0.15, 0.2) is 5.69 Å². The summed E-state index contributed by atoms with van der Waals surface area (Å²) in [5.41, 5.74) is 1.57. The Hall–Kier alpha value is -1.66. The summed E-state index contributed by atoms with van der Waals surface area (Å²) < 4.78 is 4.90. The second-order valence-electron chi connectivity index (χ2n) is 6.13. The van der Waals surface area contributed by atoms with Crippen LogP contribution in [0.25, 0.3) is 0 Å². The van der Waals surface area contributed by atoms with Crippen LogP contribution in [0.1, 0.15) is 42.9 Å². The molecule has 0 spiro atoms. The summed E-state index contributed by atoms with van der Waals surface area (Å²) in [5, 5.41) is 16.8. The second-order valence-corrected chi connectivity index (χ2v) is 6.13. The molecule has 1 aliphatic rings. The number of hydrogen-bond donors (Lipinski definition) is 2. The average molecular weight is 307 g/mol. The number of aryl methyl sites for hydroxylation is 1. The van der Waals surface area contributed by atoms with Crippen LogP contribution in [0.2, 0.25) is 0 Å². The van der Waals surface area contributed by atoms with Gasteiger partial charge in [0.25, 0.3) is 5.91 Å². The standard InChI is InChI=1S/C16H25N3O3/c1-11(2)5-4-7-19-8-6-13(15(20)10-19)17-16(21)14-9-12(3)22-18-14/h5,9,13,15,20H,4,6-8,10H2,1-3H3,(H,17,21). The molecule has 0 aliphatic carbocycles. The number of carbonyl (C=O) groups excluding carboxylic acids is 1. The molecule has 1 aromatic heterocycles. The smallest absolute Gasteiger partial charge is 0.273 e. The molecule has 1 aromatic rings. The minimum absolute atomic E-state index is 0.232. The molecule has 6 heteroatoms. The van der Waals surface area contributed by atoms with Gasteiger partial charge in [-0.3, -0.25) is 4.79 Å². The fraction of sp³-hybridized carbons (Fsp3) is 0.625. The zero-order valence-corrected chi connectivity index (χ0v) is 13.5. The van der Waals surface area contributed by atoms with E-state index in [0.717, 1.165) is 25.9 Å². The van der Waals surface area contributed by atoms with Gasteiger partial charge < -0.3 is 19.8 Å². The predicted molar refractivity (Wildman–Crippen MR) is 83.6 cm³/mol. The van der Waals surface area contributed by atoms with E-state index in [-0.39, 0.29) is 17.6 Å². The maximum atomic E-state index is 12.0. The SMILES string of the molecule is CC(C)=CCCN1CCC(NC(=O)c2cc(C)on2)C(O)C1. The van der Waals surface area contributed by atoms with E-state index in [1.165, 1.54) is 5.57 Å². The number of allylic oxidation sites excluding steroid dienone is 1. The first kappa shape index (κ1) is 16.7. The number of piperidine rings is 1. The third-order valence-corrected chi connectivity index (χ3v) is 3.84. The number of amides is 1. The largest absolute Gasteiger partial charge is 0.390 e. The van der Waals surface area contributed by atoms with Crippen molar-refractivity contribution >= 4 is 5.91 Å². The number of β-amino-alcohol motifs (C(OH)–C–C–N with tert-alkyl or cyclic N) is 1. The van der Waals surface area contributed by atoms with Crippen LogP contribution in [-0.2, 0) is 0 Å². The van der Waals surface area contributed by atoms with Crippen molar-refractivity contribution < 1.29 is 14.4 Å². The number of aliphatic hydroxyl groups excluding tert-OH is 1. The van der Waals surface area contributed by atoms with Gasteiger partial charge in [-0.15, -0.1) is 0 Å². The lowest BCUT2D eigenvalue weighted by Gasteiger charge is -2.36. The van der Waals surface area contributed by atoms with Crippen molar-refractivity contribution in [2.45, 2.75) is 45.8 Å². The molecule has 6 nitrogen and oxygen atoms in total. The molecule has 1 amide bonds. The molecule has 2 N–H and O–H groups in total. The van der Waals surface area contributed by atoms with E-state index in [4.69, 9.17) is 4.52 Å². The molecule has 2 rings (SSSR count). The molecule has 0 aromatic carbocycles. The molecule has 2 atom stereocenters. The van der Waals surface area contributed by atoms with Crippen LogP contribution < -0.4 is 5.32 Å². The topological polar surface area (TPSA) is 78.6 Å². The molecular weight excluding hydrogens is 282 g/mol. The molecule has 2 unspecified atom stereocenters. The van der Waals surface area contributed by atoms with E-state index in [1.807, 2.05) is 0 Å². The molecule has 2 heterocycles.